The molecule has 88 valence electrons. The van der Waals surface area contributed by atoms with Crippen LogP contribution in [0.1, 0.15) is 40.0 Å². The van der Waals surface area contributed by atoms with Gasteiger partial charge in [-0.2, -0.15) is 0 Å². The Labute approximate surface area is 94.4 Å². The molecular formula is C13H26N2. The number of rotatable bonds is 3. The van der Waals surface area contributed by atoms with E-state index in [-0.39, 0.29) is 0 Å². The van der Waals surface area contributed by atoms with E-state index in [1.807, 2.05) is 0 Å². The van der Waals surface area contributed by atoms with Gasteiger partial charge in [-0.15, -0.1) is 0 Å². The molecule has 1 saturated carbocycles. The van der Waals surface area contributed by atoms with Crippen molar-refractivity contribution in [2.24, 2.45) is 11.8 Å². The summed E-state index contributed by atoms with van der Waals surface area (Å²) in [5, 5.41) is 3.85. The summed E-state index contributed by atoms with van der Waals surface area (Å²) in [7, 11) is 2.25. The van der Waals surface area contributed by atoms with Crippen LogP contribution in [0.4, 0.5) is 0 Å². The molecule has 1 heterocycles. The van der Waals surface area contributed by atoms with Crippen molar-refractivity contribution in [1.82, 2.24) is 10.2 Å². The van der Waals surface area contributed by atoms with Gasteiger partial charge >= 0.3 is 0 Å². The van der Waals surface area contributed by atoms with Crippen LogP contribution >= 0.6 is 0 Å². The molecule has 0 spiro atoms. The maximum Gasteiger partial charge on any atom is 0.0122 e. The minimum Gasteiger partial charge on any atom is -0.311 e. The summed E-state index contributed by atoms with van der Waals surface area (Å²) in [5.74, 6) is 1.78. The Morgan fingerprint density at radius 2 is 1.93 bits per heavy atom. The van der Waals surface area contributed by atoms with Crippen LogP contribution < -0.4 is 5.32 Å². The fourth-order valence-electron chi connectivity index (χ4n) is 2.84. The topological polar surface area (TPSA) is 15.3 Å². The molecule has 2 heteroatoms. The highest BCUT2D eigenvalue weighted by atomic mass is 15.2. The molecular weight excluding hydrogens is 184 g/mol. The third kappa shape index (κ3) is 2.73. The molecule has 1 saturated heterocycles. The lowest BCUT2D eigenvalue weighted by Crippen LogP contribution is -2.53. The fraction of sp³-hybridized carbons (Fsp3) is 1.00. The van der Waals surface area contributed by atoms with Gasteiger partial charge in [0.1, 0.15) is 0 Å². The van der Waals surface area contributed by atoms with Gasteiger partial charge in [0.2, 0.25) is 0 Å². The molecule has 1 aliphatic heterocycles. The molecule has 0 aromatic carbocycles. The van der Waals surface area contributed by atoms with Gasteiger partial charge in [-0.25, -0.2) is 0 Å². The van der Waals surface area contributed by atoms with Crippen LogP contribution in [0, 0.1) is 11.8 Å². The lowest BCUT2D eigenvalue weighted by molar-refractivity contribution is 0.115. The van der Waals surface area contributed by atoms with Crippen LogP contribution in [0.3, 0.4) is 0 Å². The predicted molar refractivity (Wildman–Crippen MR) is 65.0 cm³/mol. The summed E-state index contributed by atoms with van der Waals surface area (Å²) in [5.41, 5.74) is 0. The first-order valence-corrected chi connectivity index (χ1v) is 6.54. The zero-order valence-corrected chi connectivity index (χ0v) is 10.7. The van der Waals surface area contributed by atoms with Gasteiger partial charge in [0.15, 0.2) is 0 Å². The normalized spacial score (nSPS) is 40.4. The highest BCUT2D eigenvalue weighted by molar-refractivity contribution is 4.91. The summed E-state index contributed by atoms with van der Waals surface area (Å²) in [6, 6.07) is 2.23. The van der Waals surface area contributed by atoms with E-state index in [1.54, 1.807) is 0 Å². The quantitative estimate of drug-likeness (QED) is 0.767. The van der Waals surface area contributed by atoms with E-state index in [1.165, 1.54) is 25.8 Å². The maximum absolute atomic E-state index is 3.85. The van der Waals surface area contributed by atoms with Crippen LogP contribution in [0.2, 0.25) is 0 Å². The SMILES string of the molecule is CC1CN(C)C(C)CC1NC(C)C1CC1. The maximum atomic E-state index is 3.85. The fourth-order valence-corrected chi connectivity index (χ4v) is 2.84. The van der Waals surface area contributed by atoms with Crippen molar-refractivity contribution in [1.29, 1.82) is 0 Å². The number of hydrogen-bond acceptors (Lipinski definition) is 2. The van der Waals surface area contributed by atoms with Crippen molar-refractivity contribution in [3.05, 3.63) is 0 Å². The molecule has 15 heavy (non-hydrogen) atoms. The molecule has 0 bridgehead atoms. The third-order valence-electron chi connectivity index (χ3n) is 4.42. The van der Waals surface area contributed by atoms with Gasteiger partial charge in [0.05, 0.1) is 0 Å². The molecule has 1 aliphatic carbocycles. The predicted octanol–water partition coefficient (Wildman–Crippen LogP) is 2.10. The van der Waals surface area contributed by atoms with Crippen LogP contribution in [-0.2, 0) is 0 Å². The van der Waals surface area contributed by atoms with E-state index < -0.39 is 0 Å². The van der Waals surface area contributed by atoms with E-state index in [2.05, 4.69) is 38.0 Å². The number of piperidine rings is 1. The zero-order valence-electron chi connectivity index (χ0n) is 10.7. The molecule has 0 aromatic rings. The van der Waals surface area contributed by atoms with Gasteiger partial charge in [-0.1, -0.05) is 6.92 Å². The van der Waals surface area contributed by atoms with E-state index in [4.69, 9.17) is 0 Å². The lowest BCUT2D eigenvalue weighted by atomic mass is 9.89. The summed E-state index contributed by atoms with van der Waals surface area (Å²) < 4.78 is 0. The summed E-state index contributed by atoms with van der Waals surface area (Å²) in [6.45, 7) is 8.35. The lowest BCUT2D eigenvalue weighted by Gasteiger charge is -2.41. The second-order valence-corrected chi connectivity index (χ2v) is 5.90. The average molecular weight is 210 g/mol. The van der Waals surface area contributed by atoms with E-state index in [9.17, 15) is 0 Å². The first-order chi connectivity index (χ1) is 7.08. The summed E-state index contributed by atoms with van der Waals surface area (Å²) in [6.07, 6.45) is 4.21. The monoisotopic (exact) mass is 210 g/mol. The molecule has 4 unspecified atom stereocenters. The highest BCUT2D eigenvalue weighted by Crippen LogP contribution is 2.33. The number of nitrogens with zero attached hydrogens (tertiary/aromatic N) is 1. The van der Waals surface area contributed by atoms with Crippen LogP contribution in [0.5, 0.6) is 0 Å². The largest absolute Gasteiger partial charge is 0.311 e. The van der Waals surface area contributed by atoms with Gasteiger partial charge in [-0.05, 0) is 52.0 Å². The standard InChI is InChI=1S/C13H26N2/c1-9-8-15(4)10(2)7-13(9)14-11(3)12-5-6-12/h9-14H,5-8H2,1-4H3. The Hall–Kier alpha value is -0.0800. The van der Waals surface area contributed by atoms with Crippen molar-refractivity contribution in [3.63, 3.8) is 0 Å². The first-order valence-electron chi connectivity index (χ1n) is 6.54. The minimum absolute atomic E-state index is 0.741. The van der Waals surface area contributed by atoms with Crippen LogP contribution in [0.15, 0.2) is 0 Å². The Bertz CT molecular complexity index is 213. The van der Waals surface area contributed by atoms with Gasteiger partial charge in [0.25, 0.3) is 0 Å². The Morgan fingerprint density at radius 1 is 1.27 bits per heavy atom. The van der Waals surface area contributed by atoms with Crippen LogP contribution in [-0.4, -0.2) is 36.6 Å². The molecule has 2 nitrogen and oxygen atoms in total. The molecule has 0 aromatic heterocycles. The first kappa shape index (κ1) is 11.4. The van der Waals surface area contributed by atoms with Crippen molar-refractivity contribution in [2.45, 2.75) is 58.2 Å². The summed E-state index contributed by atoms with van der Waals surface area (Å²) in [4.78, 5) is 2.49. The Balaban J connectivity index is 1.84. The van der Waals surface area contributed by atoms with Gasteiger partial charge in [0, 0.05) is 24.7 Å². The molecule has 4 atom stereocenters. The van der Waals surface area contributed by atoms with Crippen molar-refractivity contribution < 1.29 is 0 Å². The summed E-state index contributed by atoms with van der Waals surface area (Å²) >= 11 is 0. The zero-order chi connectivity index (χ0) is 11.0. The Kier molecular flexibility index (Phi) is 3.36. The molecule has 0 radical (unpaired) electrons. The smallest absolute Gasteiger partial charge is 0.0122 e. The third-order valence-corrected chi connectivity index (χ3v) is 4.42. The molecule has 2 aliphatic rings. The molecule has 2 fully saturated rings. The van der Waals surface area contributed by atoms with Crippen molar-refractivity contribution in [3.8, 4) is 0 Å². The molecule has 2 rings (SSSR count). The van der Waals surface area contributed by atoms with Gasteiger partial charge < -0.3 is 10.2 Å². The molecule has 0 amide bonds. The van der Waals surface area contributed by atoms with Crippen molar-refractivity contribution >= 4 is 0 Å². The second kappa shape index (κ2) is 4.42. The number of hydrogen-bond donors (Lipinski definition) is 1. The van der Waals surface area contributed by atoms with E-state index >= 15 is 0 Å². The highest BCUT2D eigenvalue weighted by Gasteiger charge is 2.33. The van der Waals surface area contributed by atoms with E-state index in [0.29, 0.717) is 0 Å². The van der Waals surface area contributed by atoms with Crippen molar-refractivity contribution in [2.75, 3.05) is 13.6 Å². The minimum atomic E-state index is 0.741. The van der Waals surface area contributed by atoms with Crippen LogP contribution in [0.25, 0.3) is 0 Å². The second-order valence-electron chi connectivity index (χ2n) is 5.90. The number of likely N-dealkylation sites (tertiary alicyclic amines) is 1. The molecule has 1 N–H and O–H groups in total. The number of nitrogens with one attached hydrogen (secondary N) is 1. The Morgan fingerprint density at radius 3 is 2.53 bits per heavy atom. The van der Waals surface area contributed by atoms with E-state index in [0.717, 1.165) is 30.0 Å². The average Bonchev–Trinajstić information content (AvgIpc) is 2.97. The van der Waals surface area contributed by atoms with Gasteiger partial charge in [-0.3, -0.25) is 0 Å².